The van der Waals surface area contributed by atoms with Crippen LogP contribution in [-0.2, 0) is 12.8 Å². The van der Waals surface area contributed by atoms with E-state index in [4.69, 9.17) is 5.73 Å². The van der Waals surface area contributed by atoms with Crippen molar-refractivity contribution in [3.05, 3.63) is 34.9 Å². The smallest absolute Gasteiger partial charge is 0.00367 e. The molecule has 0 fully saturated rings. The van der Waals surface area contributed by atoms with Crippen molar-refractivity contribution in [2.45, 2.75) is 38.5 Å². The first-order valence-electron chi connectivity index (χ1n) is 5.63. The molecule has 2 rings (SSSR count). The molecule has 1 nitrogen and oxygen atoms in total. The van der Waals surface area contributed by atoms with Gasteiger partial charge in [0, 0.05) is 0 Å². The number of aryl methyl sites for hydroxylation is 1. The van der Waals surface area contributed by atoms with Crippen LogP contribution in [0.15, 0.2) is 18.2 Å². The second-order valence-electron chi connectivity index (χ2n) is 4.37. The van der Waals surface area contributed by atoms with E-state index in [0.29, 0.717) is 0 Å². The minimum absolute atomic E-state index is 0.747. The van der Waals surface area contributed by atoms with Gasteiger partial charge in [0.2, 0.25) is 0 Å². The first kappa shape index (κ1) is 9.72. The number of fused-ring (bicyclic) bond motifs is 1. The van der Waals surface area contributed by atoms with E-state index >= 15 is 0 Å². The first-order valence-corrected chi connectivity index (χ1v) is 5.63. The highest BCUT2D eigenvalue weighted by atomic mass is 14.5. The van der Waals surface area contributed by atoms with E-state index in [1.165, 1.54) is 24.8 Å². The fraction of sp³-hybridized carbons (Fsp3) is 0.538. The molecule has 1 atom stereocenters. The van der Waals surface area contributed by atoms with E-state index in [0.717, 1.165) is 18.9 Å². The van der Waals surface area contributed by atoms with E-state index in [2.05, 4.69) is 25.1 Å². The Kier molecular flexibility index (Phi) is 2.87. The SMILES string of the molecule is CC1CCCc2ccc(CCN)cc21. The van der Waals surface area contributed by atoms with Crippen LogP contribution in [0.1, 0.15) is 42.4 Å². The average molecular weight is 189 g/mol. The van der Waals surface area contributed by atoms with Crippen molar-refractivity contribution in [2.24, 2.45) is 5.73 Å². The zero-order valence-corrected chi connectivity index (χ0v) is 8.92. The van der Waals surface area contributed by atoms with Crippen LogP contribution >= 0.6 is 0 Å². The third kappa shape index (κ3) is 1.83. The van der Waals surface area contributed by atoms with Gasteiger partial charge >= 0.3 is 0 Å². The second kappa shape index (κ2) is 4.14. The largest absolute Gasteiger partial charge is 0.330 e. The Balaban J connectivity index is 2.31. The Morgan fingerprint density at radius 2 is 2.29 bits per heavy atom. The maximum atomic E-state index is 5.57. The van der Waals surface area contributed by atoms with Gasteiger partial charge in [-0.2, -0.15) is 0 Å². The monoisotopic (exact) mass is 189 g/mol. The highest BCUT2D eigenvalue weighted by Gasteiger charge is 2.15. The molecule has 0 saturated heterocycles. The van der Waals surface area contributed by atoms with Crippen LogP contribution < -0.4 is 5.73 Å². The van der Waals surface area contributed by atoms with Gasteiger partial charge in [0.1, 0.15) is 0 Å². The first-order chi connectivity index (χ1) is 6.81. The maximum absolute atomic E-state index is 5.57. The van der Waals surface area contributed by atoms with Crippen LogP contribution in [-0.4, -0.2) is 6.54 Å². The lowest BCUT2D eigenvalue weighted by Crippen LogP contribution is -2.09. The van der Waals surface area contributed by atoms with Crippen molar-refractivity contribution < 1.29 is 0 Å². The lowest BCUT2D eigenvalue weighted by Gasteiger charge is -2.22. The van der Waals surface area contributed by atoms with E-state index in [-0.39, 0.29) is 0 Å². The van der Waals surface area contributed by atoms with Gasteiger partial charge in [-0.1, -0.05) is 25.1 Å². The number of nitrogens with two attached hydrogens (primary N) is 1. The molecule has 1 aromatic carbocycles. The average Bonchev–Trinajstić information content (AvgIpc) is 2.20. The van der Waals surface area contributed by atoms with E-state index in [1.54, 1.807) is 11.1 Å². The third-order valence-corrected chi connectivity index (χ3v) is 3.26. The van der Waals surface area contributed by atoms with Gasteiger partial charge < -0.3 is 5.73 Å². The van der Waals surface area contributed by atoms with Crippen molar-refractivity contribution in [2.75, 3.05) is 6.54 Å². The molecule has 76 valence electrons. The standard InChI is InChI=1S/C13H19N/c1-10-3-2-4-12-6-5-11(7-8-14)9-13(10)12/h5-6,9-10H,2-4,7-8,14H2,1H3. The van der Waals surface area contributed by atoms with Gasteiger partial charge in [0.15, 0.2) is 0 Å². The molecule has 1 aromatic rings. The quantitative estimate of drug-likeness (QED) is 0.760. The van der Waals surface area contributed by atoms with Crippen LogP contribution in [0.5, 0.6) is 0 Å². The number of hydrogen-bond acceptors (Lipinski definition) is 1. The van der Waals surface area contributed by atoms with Crippen LogP contribution in [0.2, 0.25) is 0 Å². The lowest BCUT2D eigenvalue weighted by molar-refractivity contribution is 0.589. The molecular formula is C13H19N. The normalized spacial score (nSPS) is 20.6. The van der Waals surface area contributed by atoms with Gasteiger partial charge in [-0.25, -0.2) is 0 Å². The molecule has 1 aliphatic rings. The van der Waals surface area contributed by atoms with E-state index < -0.39 is 0 Å². The van der Waals surface area contributed by atoms with E-state index in [9.17, 15) is 0 Å². The van der Waals surface area contributed by atoms with Crippen molar-refractivity contribution in [3.63, 3.8) is 0 Å². The summed E-state index contributed by atoms with van der Waals surface area (Å²) in [5.41, 5.74) is 10.1. The summed E-state index contributed by atoms with van der Waals surface area (Å²) in [5, 5.41) is 0. The molecule has 0 bridgehead atoms. The number of hydrogen-bond donors (Lipinski definition) is 1. The molecule has 1 unspecified atom stereocenters. The van der Waals surface area contributed by atoms with Crippen molar-refractivity contribution in [3.8, 4) is 0 Å². The molecule has 2 N–H and O–H groups in total. The van der Waals surface area contributed by atoms with Crippen molar-refractivity contribution >= 4 is 0 Å². The molecule has 0 radical (unpaired) electrons. The molecule has 1 aliphatic carbocycles. The minimum atomic E-state index is 0.747. The summed E-state index contributed by atoms with van der Waals surface area (Å²) >= 11 is 0. The Hall–Kier alpha value is -0.820. The Morgan fingerprint density at radius 3 is 3.07 bits per heavy atom. The van der Waals surface area contributed by atoms with Gasteiger partial charge in [-0.15, -0.1) is 0 Å². The Labute approximate surface area is 86.3 Å². The summed E-state index contributed by atoms with van der Waals surface area (Å²) in [5.74, 6) is 0.747. The summed E-state index contributed by atoms with van der Waals surface area (Å²) in [7, 11) is 0. The molecule has 0 heterocycles. The number of benzene rings is 1. The topological polar surface area (TPSA) is 26.0 Å². The summed E-state index contributed by atoms with van der Waals surface area (Å²) in [4.78, 5) is 0. The van der Waals surface area contributed by atoms with E-state index in [1.807, 2.05) is 0 Å². The van der Waals surface area contributed by atoms with Crippen LogP contribution in [0, 0.1) is 0 Å². The maximum Gasteiger partial charge on any atom is -0.00367 e. The molecule has 0 spiro atoms. The molecule has 1 heteroatoms. The minimum Gasteiger partial charge on any atom is -0.330 e. The molecule has 0 saturated carbocycles. The molecule has 14 heavy (non-hydrogen) atoms. The number of rotatable bonds is 2. The zero-order chi connectivity index (χ0) is 9.97. The highest BCUT2D eigenvalue weighted by Crippen LogP contribution is 2.31. The van der Waals surface area contributed by atoms with Crippen molar-refractivity contribution in [1.29, 1.82) is 0 Å². The fourth-order valence-corrected chi connectivity index (χ4v) is 2.41. The molecule has 0 aliphatic heterocycles. The zero-order valence-electron chi connectivity index (χ0n) is 8.92. The predicted molar refractivity (Wildman–Crippen MR) is 60.6 cm³/mol. The molecular weight excluding hydrogens is 170 g/mol. The Bertz CT molecular complexity index is 317. The molecule has 0 aromatic heterocycles. The summed E-state index contributed by atoms with van der Waals surface area (Å²) in [6.07, 6.45) is 4.98. The van der Waals surface area contributed by atoms with Gasteiger partial charge in [0.25, 0.3) is 0 Å². The summed E-state index contributed by atoms with van der Waals surface area (Å²) in [6, 6.07) is 6.91. The van der Waals surface area contributed by atoms with Gasteiger partial charge in [0.05, 0.1) is 0 Å². The highest BCUT2D eigenvalue weighted by molar-refractivity contribution is 5.36. The van der Waals surface area contributed by atoms with Crippen LogP contribution in [0.4, 0.5) is 0 Å². The summed E-state index contributed by atoms with van der Waals surface area (Å²) < 4.78 is 0. The van der Waals surface area contributed by atoms with Gasteiger partial charge in [-0.3, -0.25) is 0 Å². The molecule has 0 amide bonds. The second-order valence-corrected chi connectivity index (χ2v) is 4.37. The fourth-order valence-electron chi connectivity index (χ4n) is 2.41. The predicted octanol–water partition coefficient (Wildman–Crippen LogP) is 2.63. The van der Waals surface area contributed by atoms with Crippen molar-refractivity contribution in [1.82, 2.24) is 0 Å². The third-order valence-electron chi connectivity index (χ3n) is 3.26. The van der Waals surface area contributed by atoms with Gasteiger partial charge in [-0.05, 0) is 54.8 Å². The van der Waals surface area contributed by atoms with Crippen LogP contribution in [0.3, 0.4) is 0 Å². The summed E-state index contributed by atoms with van der Waals surface area (Å²) in [6.45, 7) is 3.09. The lowest BCUT2D eigenvalue weighted by atomic mass is 9.83. The Morgan fingerprint density at radius 1 is 1.43 bits per heavy atom. The van der Waals surface area contributed by atoms with Crippen LogP contribution in [0.25, 0.3) is 0 Å².